The molecule has 0 fully saturated rings. The number of ketones is 1. The zero-order chi connectivity index (χ0) is 25.7. The highest BCUT2D eigenvalue weighted by Gasteiger charge is 2.17. The molecule has 0 saturated carbocycles. The number of ether oxygens (including phenoxy) is 2. The first-order valence-electron chi connectivity index (χ1n) is 11.2. The van der Waals surface area contributed by atoms with Crippen LogP contribution >= 0.6 is 0 Å². The third-order valence-corrected chi connectivity index (χ3v) is 5.59. The minimum absolute atomic E-state index is 0.00150. The van der Waals surface area contributed by atoms with Crippen LogP contribution < -0.4 is 20.5 Å². The van der Waals surface area contributed by atoms with Crippen LogP contribution in [0, 0.1) is 5.41 Å². The molecule has 0 radical (unpaired) electrons. The van der Waals surface area contributed by atoms with Crippen molar-refractivity contribution in [2.24, 2.45) is 5.73 Å². The fourth-order valence-electron chi connectivity index (χ4n) is 3.90. The van der Waals surface area contributed by atoms with Gasteiger partial charge in [-0.1, -0.05) is 12.1 Å². The van der Waals surface area contributed by atoms with Crippen LogP contribution in [0.3, 0.4) is 0 Å². The number of hydrogen-bond acceptors (Lipinski definition) is 5. The lowest BCUT2D eigenvalue weighted by Crippen LogP contribution is -2.37. The fourth-order valence-corrected chi connectivity index (χ4v) is 3.90. The van der Waals surface area contributed by atoms with Crippen LogP contribution in [0.4, 0.5) is 0 Å². The van der Waals surface area contributed by atoms with E-state index in [1.54, 1.807) is 31.4 Å². The van der Waals surface area contributed by atoms with Crippen molar-refractivity contribution in [3.05, 3.63) is 90.5 Å². The van der Waals surface area contributed by atoms with Crippen molar-refractivity contribution >= 4 is 17.6 Å². The maximum absolute atomic E-state index is 12.5. The van der Waals surface area contributed by atoms with E-state index in [4.69, 9.17) is 20.6 Å². The molecule has 1 aromatic heterocycles. The van der Waals surface area contributed by atoms with Crippen LogP contribution in [0.25, 0.3) is 22.5 Å². The molecule has 0 atom stereocenters. The van der Waals surface area contributed by atoms with E-state index in [2.05, 4.69) is 5.32 Å². The van der Waals surface area contributed by atoms with E-state index in [-0.39, 0.29) is 12.3 Å². The van der Waals surface area contributed by atoms with Crippen molar-refractivity contribution in [2.45, 2.75) is 13.5 Å². The molecule has 4 aromatic rings. The Balaban J connectivity index is 1.66. The predicted molar refractivity (Wildman–Crippen MR) is 138 cm³/mol. The summed E-state index contributed by atoms with van der Waals surface area (Å²) in [5, 5.41) is 9.73. The summed E-state index contributed by atoms with van der Waals surface area (Å²) < 4.78 is 13.3. The van der Waals surface area contributed by atoms with Crippen molar-refractivity contribution in [3.8, 4) is 39.8 Å². The van der Waals surface area contributed by atoms with Crippen LogP contribution in [0.1, 0.15) is 17.3 Å². The molecular weight excluding hydrogens is 456 g/mol. The van der Waals surface area contributed by atoms with Gasteiger partial charge in [0.25, 0.3) is 0 Å². The van der Waals surface area contributed by atoms with E-state index < -0.39 is 11.9 Å². The average Bonchev–Trinajstić information content (AvgIpc) is 3.27. The molecule has 1 amide bonds. The van der Waals surface area contributed by atoms with Gasteiger partial charge in [-0.15, -0.1) is 0 Å². The third kappa shape index (κ3) is 5.44. The molecule has 0 aliphatic rings. The number of Topliss-reactive ketones (excluding diaryl/α,β-unsaturated/α-hetero) is 1. The number of rotatable bonds is 8. The largest absolute Gasteiger partial charge is 0.496 e. The van der Waals surface area contributed by atoms with E-state index in [0.29, 0.717) is 22.8 Å². The molecule has 4 rings (SSSR count). The lowest BCUT2D eigenvalue weighted by molar-refractivity contribution is -0.120. The van der Waals surface area contributed by atoms with E-state index in [9.17, 15) is 9.59 Å². The van der Waals surface area contributed by atoms with Crippen LogP contribution in [0.2, 0.25) is 0 Å². The number of aromatic nitrogens is 1. The van der Waals surface area contributed by atoms with Crippen molar-refractivity contribution in [1.29, 1.82) is 5.41 Å². The van der Waals surface area contributed by atoms with Crippen LogP contribution in [-0.4, -0.2) is 29.3 Å². The molecule has 8 heteroatoms. The molecule has 0 aliphatic heterocycles. The van der Waals surface area contributed by atoms with Gasteiger partial charge in [0.15, 0.2) is 11.7 Å². The van der Waals surface area contributed by atoms with Crippen molar-refractivity contribution in [3.63, 3.8) is 0 Å². The molecule has 0 aliphatic carbocycles. The highest BCUT2D eigenvalue weighted by molar-refractivity contribution is 5.95. The highest BCUT2D eigenvalue weighted by atomic mass is 16.5. The highest BCUT2D eigenvalue weighted by Crippen LogP contribution is 2.35. The van der Waals surface area contributed by atoms with Crippen molar-refractivity contribution in [1.82, 2.24) is 9.88 Å². The first-order chi connectivity index (χ1) is 17.4. The van der Waals surface area contributed by atoms with Gasteiger partial charge in [-0.2, -0.15) is 0 Å². The standard InChI is InChI=1S/C28H26N4O4/c1-18(33)19-7-11-21(12-8-19)36-22-13-9-20(10-14-22)24-15-16-25(23-5-3-4-6-26(23)35-2)32(24)17-27(34)31-28(29)30/h3-16H,17H2,1-2H3,(H4,29,30,31,34). The van der Waals surface area contributed by atoms with E-state index in [0.717, 1.165) is 22.5 Å². The third-order valence-electron chi connectivity index (χ3n) is 5.59. The number of hydrogen-bond donors (Lipinski definition) is 3. The summed E-state index contributed by atoms with van der Waals surface area (Å²) in [6.07, 6.45) is 0. The second kappa shape index (κ2) is 10.6. The molecule has 3 aromatic carbocycles. The summed E-state index contributed by atoms with van der Waals surface area (Å²) >= 11 is 0. The summed E-state index contributed by atoms with van der Waals surface area (Å²) in [5.74, 6) is 1.10. The average molecular weight is 483 g/mol. The number of methoxy groups -OCH3 is 1. The Kier molecular flexibility index (Phi) is 7.15. The minimum atomic E-state index is -0.412. The topological polar surface area (TPSA) is 119 Å². The van der Waals surface area contributed by atoms with Crippen molar-refractivity contribution in [2.75, 3.05) is 7.11 Å². The van der Waals surface area contributed by atoms with E-state index in [1.165, 1.54) is 6.92 Å². The first kappa shape index (κ1) is 24.3. The SMILES string of the molecule is COc1ccccc1-c1ccc(-c2ccc(Oc3ccc(C(C)=O)cc3)cc2)n1CC(=O)NC(=N)N. The lowest BCUT2D eigenvalue weighted by atomic mass is 10.1. The molecule has 0 spiro atoms. The molecule has 4 N–H and O–H groups in total. The van der Waals surface area contributed by atoms with Gasteiger partial charge in [-0.25, -0.2) is 0 Å². The van der Waals surface area contributed by atoms with Gasteiger partial charge in [0.05, 0.1) is 12.8 Å². The molecule has 36 heavy (non-hydrogen) atoms. The number of benzene rings is 3. The van der Waals surface area contributed by atoms with Gasteiger partial charge >= 0.3 is 0 Å². The molecule has 182 valence electrons. The monoisotopic (exact) mass is 482 g/mol. The smallest absolute Gasteiger partial charge is 0.246 e. The van der Waals surface area contributed by atoms with Crippen LogP contribution in [-0.2, 0) is 11.3 Å². The molecule has 8 nitrogen and oxygen atoms in total. The Morgan fingerprint density at radius 3 is 2.11 bits per heavy atom. The maximum Gasteiger partial charge on any atom is 0.246 e. The fraction of sp³-hybridized carbons (Fsp3) is 0.107. The number of amides is 1. The first-order valence-corrected chi connectivity index (χ1v) is 11.2. The van der Waals surface area contributed by atoms with E-state index >= 15 is 0 Å². The lowest BCUT2D eigenvalue weighted by Gasteiger charge is -2.16. The Bertz CT molecular complexity index is 1410. The normalized spacial score (nSPS) is 10.5. The molecular formula is C28H26N4O4. The second-order valence-corrected chi connectivity index (χ2v) is 8.06. The molecule has 0 bridgehead atoms. The Morgan fingerprint density at radius 1 is 0.889 bits per heavy atom. The Hall–Kier alpha value is -4.85. The van der Waals surface area contributed by atoms with Gasteiger partial charge in [0, 0.05) is 16.8 Å². The number of nitrogens with zero attached hydrogens (tertiary/aromatic N) is 1. The maximum atomic E-state index is 12.5. The number of nitrogens with one attached hydrogen (secondary N) is 2. The zero-order valence-electron chi connectivity index (χ0n) is 19.9. The minimum Gasteiger partial charge on any atom is -0.496 e. The van der Waals surface area contributed by atoms with Gasteiger partial charge in [0.1, 0.15) is 23.8 Å². The Labute approximate surface area is 208 Å². The second-order valence-electron chi connectivity index (χ2n) is 8.06. The quantitative estimate of drug-likeness (QED) is 0.189. The molecule has 0 unspecified atom stereocenters. The molecule has 1 heterocycles. The number of guanidine groups is 1. The summed E-state index contributed by atoms with van der Waals surface area (Å²) in [6, 6.07) is 25.9. The van der Waals surface area contributed by atoms with E-state index in [1.807, 2.05) is 65.2 Å². The van der Waals surface area contributed by atoms with Crippen molar-refractivity contribution < 1.29 is 19.1 Å². The summed E-state index contributed by atoms with van der Waals surface area (Å²) in [7, 11) is 1.60. The number of carbonyl (C=O) groups is 2. The zero-order valence-corrected chi connectivity index (χ0v) is 19.9. The number of carbonyl (C=O) groups excluding carboxylic acids is 2. The summed E-state index contributed by atoms with van der Waals surface area (Å²) in [5.41, 5.74) is 9.26. The number of nitrogens with two attached hydrogens (primary N) is 1. The molecule has 0 saturated heterocycles. The van der Waals surface area contributed by atoms with Crippen LogP contribution in [0.15, 0.2) is 84.9 Å². The van der Waals surface area contributed by atoms with Gasteiger partial charge in [-0.05, 0) is 85.3 Å². The Morgan fingerprint density at radius 2 is 1.50 bits per heavy atom. The van der Waals surface area contributed by atoms with Gasteiger partial charge in [0.2, 0.25) is 5.91 Å². The predicted octanol–water partition coefficient (Wildman–Crippen LogP) is 4.84. The van der Waals surface area contributed by atoms with Gasteiger partial charge in [-0.3, -0.25) is 20.3 Å². The number of para-hydroxylation sites is 1. The van der Waals surface area contributed by atoms with Crippen LogP contribution in [0.5, 0.6) is 17.2 Å². The van der Waals surface area contributed by atoms with Gasteiger partial charge < -0.3 is 19.8 Å². The summed E-state index contributed by atoms with van der Waals surface area (Å²) in [4.78, 5) is 24.0. The summed E-state index contributed by atoms with van der Waals surface area (Å²) in [6.45, 7) is 1.48.